The van der Waals surface area contributed by atoms with Crippen LogP contribution < -0.4 is 41.4 Å². The monoisotopic (exact) mass is 939 g/mol. The largest absolute Gasteiger partial charge is 0.492 e. The normalized spacial score (nSPS) is 24.8. The third-order valence-corrected chi connectivity index (χ3v) is 15.8. The summed E-state index contributed by atoms with van der Waals surface area (Å²) >= 11 is 0. The fourth-order valence-electron chi connectivity index (χ4n) is 11.6. The number of nitrogens with zero attached hydrogens (tertiary/aromatic N) is 2. The van der Waals surface area contributed by atoms with Crippen molar-refractivity contribution in [2.45, 2.75) is 165 Å². The highest BCUT2D eigenvalue weighted by atomic mass is 16.5. The molecule has 6 N–H and O–H groups in total. The number of likely N-dealkylation sites (tertiary alicyclic amines) is 2. The summed E-state index contributed by atoms with van der Waals surface area (Å²) in [5.41, 5.74) is 3.28. The van der Waals surface area contributed by atoms with Crippen LogP contribution in [0.15, 0.2) is 36.4 Å². The first-order valence-electron chi connectivity index (χ1n) is 25.7. The molecule has 0 aromatic heterocycles. The van der Waals surface area contributed by atoms with Crippen LogP contribution in [0.1, 0.15) is 140 Å². The van der Waals surface area contributed by atoms with Crippen LogP contribution >= 0.6 is 0 Å². The van der Waals surface area contributed by atoms with Gasteiger partial charge >= 0.3 is 0 Å². The number of hydrogen-bond donors (Lipinski definition) is 6. The zero-order valence-electron chi connectivity index (χ0n) is 40.5. The van der Waals surface area contributed by atoms with Gasteiger partial charge in [0.1, 0.15) is 35.7 Å². The number of likely N-dealkylation sites (N-methyl/N-ethyl adjacent to an activating group) is 2. The molecule has 4 fully saturated rings. The molecule has 0 radical (unpaired) electrons. The summed E-state index contributed by atoms with van der Waals surface area (Å²) in [6.07, 6.45) is 13.3. The number of fused-ring (bicyclic) bond motifs is 2. The molecule has 16 nitrogen and oxygen atoms in total. The SMILES string of the molecule is CN[C@@H](C)C(=O)N[C@H](C(=O)N1CCC[C@H]1C(=O)N[C@@H]1CCOc2c(-c3cccc4c3OCC[C@H]4NC(=O)[C@@H]3CCCN3C(=O)[C@@H](NC(=O)[C@H](C)NC)C3CCCCC3)cccc21)C1CCCCC1. The van der Waals surface area contributed by atoms with Gasteiger partial charge in [0, 0.05) is 48.2 Å². The number of para-hydroxylation sites is 2. The van der Waals surface area contributed by atoms with Crippen LogP contribution in [-0.2, 0) is 28.8 Å². The zero-order chi connectivity index (χ0) is 47.9. The van der Waals surface area contributed by atoms with Crippen LogP contribution in [0.5, 0.6) is 11.5 Å². The summed E-state index contributed by atoms with van der Waals surface area (Å²) in [7, 11) is 3.45. The van der Waals surface area contributed by atoms with Gasteiger partial charge in [0.15, 0.2) is 0 Å². The van der Waals surface area contributed by atoms with E-state index in [4.69, 9.17) is 9.47 Å². The van der Waals surface area contributed by atoms with Gasteiger partial charge in [0.2, 0.25) is 35.4 Å². The molecule has 0 spiro atoms. The molecule has 2 saturated carbocycles. The molecule has 4 aliphatic heterocycles. The van der Waals surface area contributed by atoms with E-state index in [1.54, 1.807) is 37.7 Å². The molecule has 8 atom stereocenters. The van der Waals surface area contributed by atoms with Crippen molar-refractivity contribution >= 4 is 35.4 Å². The van der Waals surface area contributed by atoms with E-state index >= 15 is 0 Å². The van der Waals surface area contributed by atoms with Gasteiger partial charge in [0.25, 0.3) is 0 Å². The summed E-state index contributed by atoms with van der Waals surface area (Å²) < 4.78 is 12.8. The molecule has 2 saturated heterocycles. The molecule has 2 aromatic carbocycles. The van der Waals surface area contributed by atoms with Crippen molar-refractivity contribution < 1.29 is 38.2 Å². The first kappa shape index (κ1) is 49.2. The molecule has 370 valence electrons. The van der Waals surface area contributed by atoms with Crippen molar-refractivity contribution in [3.8, 4) is 22.6 Å². The van der Waals surface area contributed by atoms with E-state index in [1.165, 1.54) is 0 Å². The second-order valence-corrected chi connectivity index (χ2v) is 20.0. The topological polar surface area (TPSA) is 200 Å². The molecule has 2 aromatic rings. The number of carbonyl (C=O) groups excluding carboxylic acids is 6. The van der Waals surface area contributed by atoms with Crippen LogP contribution in [-0.4, -0.2) is 122 Å². The maximum absolute atomic E-state index is 14.4. The fraction of sp³-hybridized carbons (Fsp3) is 0.654. The number of rotatable bonds is 15. The van der Waals surface area contributed by atoms with E-state index in [1.807, 2.05) is 36.4 Å². The van der Waals surface area contributed by atoms with Gasteiger partial charge in [-0.15, -0.1) is 0 Å². The van der Waals surface area contributed by atoms with Crippen LogP contribution in [0.2, 0.25) is 0 Å². The highest BCUT2D eigenvalue weighted by Crippen LogP contribution is 2.47. The van der Waals surface area contributed by atoms with E-state index in [2.05, 4.69) is 31.9 Å². The van der Waals surface area contributed by atoms with E-state index in [0.29, 0.717) is 76.3 Å². The zero-order valence-corrected chi connectivity index (χ0v) is 40.5. The predicted octanol–water partition coefficient (Wildman–Crippen LogP) is 4.56. The first-order valence-corrected chi connectivity index (χ1v) is 25.7. The van der Waals surface area contributed by atoms with Gasteiger partial charge in [-0.25, -0.2) is 0 Å². The minimum absolute atomic E-state index is 0.0277. The van der Waals surface area contributed by atoms with Gasteiger partial charge in [-0.05, 0) is 91.1 Å². The van der Waals surface area contributed by atoms with Gasteiger partial charge in [-0.3, -0.25) is 28.8 Å². The number of amides is 6. The van der Waals surface area contributed by atoms with Crippen molar-refractivity contribution in [2.75, 3.05) is 40.4 Å². The van der Waals surface area contributed by atoms with Crippen LogP contribution in [0.3, 0.4) is 0 Å². The molecule has 0 unspecified atom stereocenters. The fourth-order valence-corrected chi connectivity index (χ4v) is 11.6. The van der Waals surface area contributed by atoms with Crippen molar-refractivity contribution in [1.82, 2.24) is 41.7 Å². The number of ether oxygens (including phenoxy) is 2. The Morgan fingerprint density at radius 1 is 0.529 bits per heavy atom. The van der Waals surface area contributed by atoms with Gasteiger partial charge in [-0.1, -0.05) is 74.9 Å². The van der Waals surface area contributed by atoms with E-state index in [0.717, 1.165) is 86.5 Å². The maximum Gasteiger partial charge on any atom is 0.246 e. The Hall–Kier alpha value is -5.22. The standard InChI is InChI=1S/C52H74N8O8/c1-31(53-3)47(61)57-43(33-15-7-5-8-16-33)51(65)59-27-13-23-41(59)49(63)55-39-25-29-67-45-35(19-11-21-37(39)45)36-20-12-22-38-40(26-30-68-46(36)38)56-50(64)42-24-14-28-60(42)52(66)44(34-17-9-6-10-18-34)58-48(62)32(2)54-4/h11-12,19-22,31-34,39-44,53-54H,5-10,13-18,23-30H2,1-4H3,(H,55,63)(H,56,64)(H,57,61)(H,58,62)/t31-,32-,39+,40+,41-,42-,43-,44-/m0/s1. The summed E-state index contributed by atoms with van der Waals surface area (Å²) in [6.45, 7) is 5.21. The molecule has 68 heavy (non-hydrogen) atoms. The summed E-state index contributed by atoms with van der Waals surface area (Å²) in [6, 6.07) is 7.52. The number of hydrogen-bond acceptors (Lipinski definition) is 10. The predicted molar refractivity (Wildman–Crippen MR) is 257 cm³/mol. The van der Waals surface area contributed by atoms with Gasteiger partial charge < -0.3 is 51.2 Å². The third-order valence-electron chi connectivity index (χ3n) is 15.8. The lowest BCUT2D eigenvalue weighted by atomic mass is 9.83. The van der Waals surface area contributed by atoms with E-state index < -0.39 is 36.3 Å². The molecular weight excluding hydrogens is 865 g/mol. The number of carbonyl (C=O) groups is 6. The van der Waals surface area contributed by atoms with Crippen LogP contribution in [0.4, 0.5) is 0 Å². The average Bonchev–Trinajstić information content (AvgIpc) is 4.08. The lowest BCUT2D eigenvalue weighted by molar-refractivity contribution is -0.143. The third kappa shape index (κ3) is 10.7. The molecule has 6 amide bonds. The summed E-state index contributed by atoms with van der Waals surface area (Å²) in [5.74, 6) is 0.128. The Bertz CT molecular complexity index is 2010. The van der Waals surface area contributed by atoms with E-state index in [-0.39, 0.29) is 59.4 Å². The van der Waals surface area contributed by atoms with Crippen molar-refractivity contribution in [2.24, 2.45) is 11.8 Å². The quantitative estimate of drug-likeness (QED) is 0.147. The minimum atomic E-state index is -0.677. The van der Waals surface area contributed by atoms with Crippen LogP contribution in [0.25, 0.3) is 11.1 Å². The molecule has 2 aliphatic carbocycles. The Morgan fingerprint density at radius 3 is 1.31 bits per heavy atom. The van der Waals surface area contributed by atoms with Gasteiger partial charge in [-0.2, -0.15) is 0 Å². The molecule has 6 aliphatic rings. The Kier molecular flexibility index (Phi) is 16.3. The Labute approximate surface area is 401 Å². The second-order valence-electron chi connectivity index (χ2n) is 20.0. The van der Waals surface area contributed by atoms with Crippen molar-refractivity contribution in [1.29, 1.82) is 0 Å². The number of benzene rings is 2. The molecule has 8 rings (SSSR count). The second kappa shape index (κ2) is 22.5. The Morgan fingerprint density at radius 2 is 0.926 bits per heavy atom. The average molecular weight is 939 g/mol. The highest BCUT2D eigenvalue weighted by molar-refractivity contribution is 5.95. The van der Waals surface area contributed by atoms with Crippen LogP contribution in [0, 0.1) is 11.8 Å². The Balaban J connectivity index is 0.970. The summed E-state index contributed by atoms with van der Waals surface area (Å²) in [4.78, 5) is 86.9. The smallest absolute Gasteiger partial charge is 0.246 e. The number of nitrogens with one attached hydrogen (secondary N) is 6. The summed E-state index contributed by atoms with van der Waals surface area (Å²) in [5, 5.41) is 18.7. The molecule has 16 heteroatoms. The first-order chi connectivity index (χ1) is 33.0. The molecule has 0 bridgehead atoms. The minimum Gasteiger partial charge on any atom is -0.492 e. The van der Waals surface area contributed by atoms with Crippen molar-refractivity contribution in [3.63, 3.8) is 0 Å². The van der Waals surface area contributed by atoms with E-state index in [9.17, 15) is 28.8 Å². The lowest BCUT2D eigenvalue weighted by Crippen LogP contribution is -2.58. The lowest BCUT2D eigenvalue weighted by Gasteiger charge is -2.36. The highest BCUT2D eigenvalue weighted by Gasteiger charge is 2.44. The molecular formula is C52H74N8O8. The molecule has 4 heterocycles. The maximum atomic E-state index is 14.4. The van der Waals surface area contributed by atoms with Crippen molar-refractivity contribution in [3.05, 3.63) is 47.5 Å². The van der Waals surface area contributed by atoms with Gasteiger partial charge in [0.05, 0.1) is 37.4 Å².